The van der Waals surface area contributed by atoms with Crippen LogP contribution >= 0.6 is 23.2 Å². The predicted octanol–water partition coefficient (Wildman–Crippen LogP) is 4.77. The average Bonchev–Trinajstić information content (AvgIpc) is 3.13. The molecule has 0 aliphatic carbocycles. The van der Waals surface area contributed by atoms with E-state index >= 15 is 0 Å². The fourth-order valence-corrected chi connectivity index (χ4v) is 3.25. The highest BCUT2D eigenvalue weighted by Crippen LogP contribution is 2.22. The van der Waals surface area contributed by atoms with Gasteiger partial charge >= 0.3 is 0 Å². The fourth-order valence-electron chi connectivity index (χ4n) is 2.74. The lowest BCUT2D eigenvalue weighted by Gasteiger charge is -2.12. The largest absolute Gasteiger partial charge is 0.385 e. The Kier molecular flexibility index (Phi) is 6.19. The first kappa shape index (κ1) is 18.1. The van der Waals surface area contributed by atoms with Crippen molar-refractivity contribution in [2.45, 2.75) is 25.4 Å². The lowest BCUT2D eigenvalue weighted by Crippen LogP contribution is -2.26. The van der Waals surface area contributed by atoms with Gasteiger partial charge < -0.3 is 15.4 Å². The SMILES string of the molecule is O=C(Nc1ccc(NCCc2ccc(Cl)cc2Cl)cc1)C1CCCO1. The first-order valence-corrected chi connectivity index (χ1v) is 9.08. The summed E-state index contributed by atoms with van der Waals surface area (Å²) in [6, 6.07) is 13.2. The number of rotatable bonds is 6. The molecule has 2 N–H and O–H groups in total. The Morgan fingerprint density at radius 1 is 1.12 bits per heavy atom. The van der Waals surface area contributed by atoms with Crippen molar-refractivity contribution >= 4 is 40.5 Å². The summed E-state index contributed by atoms with van der Waals surface area (Å²) in [5.74, 6) is -0.0735. The Hall–Kier alpha value is -1.75. The summed E-state index contributed by atoms with van der Waals surface area (Å²) >= 11 is 12.1. The van der Waals surface area contributed by atoms with Crippen molar-refractivity contribution in [3.05, 3.63) is 58.1 Å². The highest BCUT2D eigenvalue weighted by Gasteiger charge is 2.23. The molecule has 1 atom stereocenters. The Morgan fingerprint density at radius 3 is 2.56 bits per heavy atom. The van der Waals surface area contributed by atoms with E-state index in [4.69, 9.17) is 27.9 Å². The molecule has 4 nitrogen and oxygen atoms in total. The maximum absolute atomic E-state index is 12.0. The second-order valence-corrected chi connectivity index (χ2v) is 6.82. The van der Waals surface area contributed by atoms with Crippen molar-refractivity contribution in [2.24, 2.45) is 0 Å². The Balaban J connectivity index is 1.48. The topological polar surface area (TPSA) is 50.4 Å². The molecule has 2 aromatic rings. The summed E-state index contributed by atoms with van der Waals surface area (Å²) in [7, 11) is 0. The Labute approximate surface area is 157 Å². The summed E-state index contributed by atoms with van der Waals surface area (Å²) in [6.45, 7) is 1.42. The monoisotopic (exact) mass is 378 g/mol. The maximum atomic E-state index is 12.0. The average molecular weight is 379 g/mol. The van der Waals surface area contributed by atoms with Gasteiger partial charge in [-0.2, -0.15) is 0 Å². The smallest absolute Gasteiger partial charge is 0.253 e. The molecule has 0 spiro atoms. The number of halogens is 2. The molecule has 1 aliphatic heterocycles. The maximum Gasteiger partial charge on any atom is 0.253 e. The van der Waals surface area contributed by atoms with E-state index in [0.29, 0.717) is 16.7 Å². The van der Waals surface area contributed by atoms with E-state index in [2.05, 4.69) is 10.6 Å². The first-order chi connectivity index (χ1) is 12.1. The standard InChI is InChI=1S/C19H20Cl2N2O2/c20-14-4-3-13(17(21)12-14)9-10-22-15-5-7-16(8-6-15)23-19(24)18-2-1-11-25-18/h3-8,12,18,22H,1-2,9-11H2,(H,23,24). The molecule has 0 bridgehead atoms. The lowest BCUT2D eigenvalue weighted by atomic mass is 10.1. The molecule has 1 heterocycles. The third-order valence-corrected chi connectivity index (χ3v) is 4.70. The van der Waals surface area contributed by atoms with Crippen LogP contribution in [-0.4, -0.2) is 25.2 Å². The minimum Gasteiger partial charge on any atom is -0.385 e. The van der Waals surface area contributed by atoms with Crippen molar-refractivity contribution in [3.63, 3.8) is 0 Å². The van der Waals surface area contributed by atoms with E-state index in [1.165, 1.54) is 0 Å². The molecule has 1 fully saturated rings. The van der Waals surface area contributed by atoms with Crippen LogP contribution in [0.15, 0.2) is 42.5 Å². The molecule has 1 unspecified atom stereocenters. The van der Waals surface area contributed by atoms with Gasteiger partial charge in [-0.15, -0.1) is 0 Å². The number of nitrogens with one attached hydrogen (secondary N) is 2. The Bertz CT molecular complexity index is 729. The highest BCUT2D eigenvalue weighted by atomic mass is 35.5. The van der Waals surface area contributed by atoms with Gasteiger partial charge in [0.2, 0.25) is 0 Å². The van der Waals surface area contributed by atoms with Crippen molar-refractivity contribution < 1.29 is 9.53 Å². The van der Waals surface area contributed by atoms with Crippen molar-refractivity contribution in [1.82, 2.24) is 0 Å². The number of benzene rings is 2. The molecule has 0 aromatic heterocycles. The first-order valence-electron chi connectivity index (χ1n) is 8.32. The molecule has 1 amide bonds. The molecule has 0 saturated carbocycles. The summed E-state index contributed by atoms with van der Waals surface area (Å²) in [5.41, 5.74) is 2.81. The van der Waals surface area contributed by atoms with Crippen LogP contribution in [0, 0.1) is 0 Å². The van der Waals surface area contributed by atoms with Crippen LogP contribution < -0.4 is 10.6 Å². The van der Waals surface area contributed by atoms with E-state index in [1.54, 1.807) is 6.07 Å². The van der Waals surface area contributed by atoms with Gasteiger partial charge in [-0.3, -0.25) is 4.79 Å². The summed E-state index contributed by atoms with van der Waals surface area (Å²) in [6.07, 6.45) is 2.21. The molecule has 0 radical (unpaired) electrons. The quantitative estimate of drug-likeness (QED) is 0.761. The van der Waals surface area contributed by atoms with Gasteiger partial charge in [-0.05, 0) is 61.2 Å². The molecular weight excluding hydrogens is 359 g/mol. The fraction of sp³-hybridized carbons (Fsp3) is 0.316. The molecule has 6 heteroatoms. The molecule has 2 aromatic carbocycles. The molecule has 25 heavy (non-hydrogen) atoms. The van der Waals surface area contributed by atoms with Crippen LogP contribution in [0.4, 0.5) is 11.4 Å². The van der Waals surface area contributed by atoms with Crippen molar-refractivity contribution in [1.29, 1.82) is 0 Å². The lowest BCUT2D eigenvalue weighted by molar-refractivity contribution is -0.124. The van der Waals surface area contributed by atoms with Crippen LogP contribution in [0.25, 0.3) is 0 Å². The molecule has 1 aliphatic rings. The summed E-state index contributed by atoms with van der Waals surface area (Å²) < 4.78 is 5.38. The number of carbonyl (C=O) groups is 1. The predicted molar refractivity (Wildman–Crippen MR) is 103 cm³/mol. The molecule has 1 saturated heterocycles. The number of hydrogen-bond donors (Lipinski definition) is 2. The zero-order valence-corrected chi connectivity index (χ0v) is 15.2. The van der Waals surface area contributed by atoms with Crippen LogP contribution in [-0.2, 0) is 16.0 Å². The van der Waals surface area contributed by atoms with Crippen LogP contribution in [0.3, 0.4) is 0 Å². The van der Waals surface area contributed by atoms with E-state index in [9.17, 15) is 4.79 Å². The van der Waals surface area contributed by atoms with Crippen LogP contribution in [0.5, 0.6) is 0 Å². The molecule has 3 rings (SSSR count). The van der Waals surface area contributed by atoms with Gasteiger partial charge in [-0.1, -0.05) is 29.3 Å². The van der Waals surface area contributed by atoms with E-state index in [0.717, 1.165) is 42.7 Å². The van der Waals surface area contributed by atoms with E-state index < -0.39 is 0 Å². The second kappa shape index (κ2) is 8.56. The van der Waals surface area contributed by atoms with Gasteiger partial charge in [0, 0.05) is 34.6 Å². The number of hydrogen-bond acceptors (Lipinski definition) is 3. The van der Waals surface area contributed by atoms with Crippen LogP contribution in [0.1, 0.15) is 18.4 Å². The molecule has 132 valence electrons. The second-order valence-electron chi connectivity index (χ2n) is 5.98. The number of ether oxygens (including phenoxy) is 1. The van der Waals surface area contributed by atoms with Gasteiger partial charge in [0.05, 0.1) is 0 Å². The van der Waals surface area contributed by atoms with Crippen LogP contribution in [0.2, 0.25) is 10.0 Å². The van der Waals surface area contributed by atoms with Gasteiger partial charge in [0.1, 0.15) is 6.10 Å². The zero-order valence-electron chi connectivity index (χ0n) is 13.7. The minimum absolute atomic E-state index is 0.0735. The number of carbonyl (C=O) groups excluding carboxylic acids is 1. The van der Waals surface area contributed by atoms with E-state index in [-0.39, 0.29) is 12.0 Å². The highest BCUT2D eigenvalue weighted by molar-refractivity contribution is 6.35. The van der Waals surface area contributed by atoms with Crippen molar-refractivity contribution in [3.8, 4) is 0 Å². The number of anilines is 2. The Morgan fingerprint density at radius 2 is 1.88 bits per heavy atom. The summed E-state index contributed by atoms with van der Waals surface area (Å²) in [5, 5.41) is 7.55. The minimum atomic E-state index is -0.318. The summed E-state index contributed by atoms with van der Waals surface area (Å²) in [4.78, 5) is 12.0. The van der Waals surface area contributed by atoms with Gasteiger partial charge in [0.25, 0.3) is 5.91 Å². The third-order valence-electron chi connectivity index (χ3n) is 4.11. The normalized spacial score (nSPS) is 16.6. The third kappa shape index (κ3) is 5.11. The van der Waals surface area contributed by atoms with Gasteiger partial charge in [0.15, 0.2) is 0 Å². The zero-order chi connectivity index (χ0) is 17.6. The van der Waals surface area contributed by atoms with E-state index in [1.807, 2.05) is 36.4 Å². The van der Waals surface area contributed by atoms with Crippen molar-refractivity contribution in [2.75, 3.05) is 23.8 Å². The number of amides is 1. The van der Waals surface area contributed by atoms with Gasteiger partial charge in [-0.25, -0.2) is 0 Å². The molecular formula is C19H20Cl2N2O2.